The molecule has 0 bridgehead atoms. The molecule has 2 atom stereocenters. The summed E-state index contributed by atoms with van der Waals surface area (Å²) in [6.45, 7) is 2.10. The molecule has 3 aromatic carbocycles. The van der Waals surface area contributed by atoms with E-state index in [1.165, 1.54) is 11.1 Å². The summed E-state index contributed by atoms with van der Waals surface area (Å²) in [6, 6.07) is 23.0. The topological polar surface area (TPSA) is 34.1 Å². The number of rotatable bonds is 3. The number of ether oxygens (including phenoxy) is 2. The van der Waals surface area contributed by atoms with Crippen molar-refractivity contribution in [1.29, 1.82) is 0 Å². The van der Waals surface area contributed by atoms with Gasteiger partial charge in [-0.15, -0.1) is 0 Å². The number of halogens is 1. The molecule has 2 aliphatic rings. The molecular weight excluding hydrogens is 428 g/mol. The van der Waals surface area contributed by atoms with Crippen LogP contribution < -0.4 is 9.47 Å². The second kappa shape index (κ2) is 7.23. The molecule has 0 N–H and O–H groups in total. The molecule has 0 amide bonds. The maximum atomic E-state index is 6.42. The third-order valence-electron chi connectivity index (χ3n) is 5.54. The number of methoxy groups -OCH3 is 1. The molecule has 0 aliphatic carbocycles. The molecule has 4 nitrogen and oxygen atoms in total. The van der Waals surface area contributed by atoms with Gasteiger partial charge in [-0.3, -0.25) is 0 Å². The highest BCUT2D eigenvalue weighted by atomic mass is 79.9. The van der Waals surface area contributed by atoms with Gasteiger partial charge in [0.1, 0.15) is 11.5 Å². The molecule has 2 aliphatic heterocycles. The van der Waals surface area contributed by atoms with Gasteiger partial charge in [0, 0.05) is 17.5 Å². The van der Waals surface area contributed by atoms with Crippen molar-refractivity contribution in [2.24, 2.45) is 5.10 Å². The van der Waals surface area contributed by atoms with Crippen LogP contribution in [0, 0.1) is 6.92 Å². The van der Waals surface area contributed by atoms with Crippen LogP contribution in [-0.4, -0.2) is 17.8 Å². The first kappa shape index (κ1) is 18.3. The van der Waals surface area contributed by atoms with E-state index in [-0.39, 0.29) is 12.3 Å². The van der Waals surface area contributed by atoms with E-state index in [0.717, 1.165) is 39.2 Å². The molecule has 2 heterocycles. The van der Waals surface area contributed by atoms with Crippen LogP contribution in [0.4, 0.5) is 0 Å². The Kier molecular flexibility index (Phi) is 4.55. The number of fused-ring (bicyclic) bond motifs is 3. The minimum atomic E-state index is -0.292. The van der Waals surface area contributed by atoms with Crippen LogP contribution in [0.3, 0.4) is 0 Å². The van der Waals surface area contributed by atoms with E-state index in [2.05, 4.69) is 64.3 Å². The van der Waals surface area contributed by atoms with E-state index in [0.29, 0.717) is 0 Å². The Morgan fingerprint density at radius 1 is 1.07 bits per heavy atom. The zero-order valence-electron chi connectivity index (χ0n) is 16.3. The van der Waals surface area contributed by atoms with Gasteiger partial charge < -0.3 is 9.47 Å². The highest BCUT2D eigenvalue weighted by Gasteiger charge is 2.40. The molecule has 29 heavy (non-hydrogen) atoms. The van der Waals surface area contributed by atoms with Gasteiger partial charge in [-0.05, 0) is 52.7 Å². The average Bonchev–Trinajstić information content (AvgIpc) is 3.19. The smallest absolute Gasteiger partial charge is 0.213 e. The van der Waals surface area contributed by atoms with Gasteiger partial charge in [0.25, 0.3) is 0 Å². The number of benzene rings is 3. The van der Waals surface area contributed by atoms with Crippen LogP contribution in [0.5, 0.6) is 11.5 Å². The van der Waals surface area contributed by atoms with E-state index in [1.807, 2.05) is 30.3 Å². The van der Waals surface area contributed by atoms with Crippen molar-refractivity contribution < 1.29 is 9.47 Å². The molecule has 5 heteroatoms. The Balaban J connectivity index is 1.58. The summed E-state index contributed by atoms with van der Waals surface area (Å²) in [5.41, 5.74) is 5.72. The van der Waals surface area contributed by atoms with E-state index >= 15 is 0 Å². The number of nitrogens with zero attached hydrogens (tertiary/aromatic N) is 2. The van der Waals surface area contributed by atoms with Gasteiger partial charge in [-0.2, -0.15) is 5.10 Å². The summed E-state index contributed by atoms with van der Waals surface area (Å²) in [6.07, 6.45) is 0.567. The summed E-state index contributed by atoms with van der Waals surface area (Å²) < 4.78 is 12.7. The average molecular weight is 449 g/mol. The Hall–Kier alpha value is -2.79. The predicted molar refractivity (Wildman–Crippen MR) is 117 cm³/mol. The van der Waals surface area contributed by atoms with Crippen molar-refractivity contribution in [3.05, 3.63) is 93.5 Å². The van der Waals surface area contributed by atoms with Crippen molar-refractivity contribution >= 4 is 21.6 Å². The highest BCUT2D eigenvalue weighted by Crippen LogP contribution is 2.48. The first-order valence-corrected chi connectivity index (χ1v) is 10.5. The monoisotopic (exact) mass is 448 g/mol. The van der Waals surface area contributed by atoms with E-state index in [4.69, 9.17) is 14.6 Å². The fourth-order valence-electron chi connectivity index (χ4n) is 4.01. The first-order chi connectivity index (χ1) is 14.1. The molecular formula is C24H21BrN2O2. The first-order valence-electron chi connectivity index (χ1n) is 9.66. The van der Waals surface area contributed by atoms with Crippen LogP contribution in [0.25, 0.3) is 0 Å². The van der Waals surface area contributed by atoms with Gasteiger partial charge >= 0.3 is 0 Å². The van der Waals surface area contributed by atoms with E-state index < -0.39 is 0 Å². The van der Waals surface area contributed by atoms with Crippen molar-refractivity contribution in [2.45, 2.75) is 25.6 Å². The van der Waals surface area contributed by atoms with Crippen molar-refractivity contribution in [3.8, 4) is 11.5 Å². The number of para-hydroxylation sites is 1. The summed E-state index contributed by atoms with van der Waals surface area (Å²) in [7, 11) is 1.67. The maximum absolute atomic E-state index is 6.42. The largest absolute Gasteiger partial charge is 0.496 e. The predicted octanol–water partition coefficient (Wildman–Crippen LogP) is 6.01. The summed E-state index contributed by atoms with van der Waals surface area (Å²) in [5.74, 6) is 1.72. The second-order valence-corrected chi connectivity index (χ2v) is 8.27. The number of hydrogen-bond acceptors (Lipinski definition) is 4. The fraction of sp³-hybridized carbons (Fsp3) is 0.208. The molecule has 0 spiro atoms. The van der Waals surface area contributed by atoms with Crippen LogP contribution in [0.2, 0.25) is 0 Å². The lowest BCUT2D eigenvalue weighted by Gasteiger charge is -2.38. The molecule has 146 valence electrons. The Morgan fingerprint density at radius 3 is 2.62 bits per heavy atom. The highest BCUT2D eigenvalue weighted by molar-refractivity contribution is 9.10. The zero-order chi connectivity index (χ0) is 20.0. The Labute approximate surface area is 178 Å². The normalized spacial score (nSPS) is 19.8. The molecule has 0 saturated carbocycles. The Morgan fingerprint density at radius 2 is 1.86 bits per heavy atom. The zero-order valence-corrected chi connectivity index (χ0v) is 17.9. The molecule has 5 rings (SSSR count). The van der Waals surface area contributed by atoms with E-state index in [1.54, 1.807) is 7.11 Å². The molecule has 0 unspecified atom stereocenters. The van der Waals surface area contributed by atoms with Crippen LogP contribution in [0.15, 0.2) is 76.3 Å². The molecule has 0 radical (unpaired) electrons. The molecule has 0 aromatic heterocycles. The van der Waals surface area contributed by atoms with Gasteiger partial charge in [-0.1, -0.05) is 48.0 Å². The van der Waals surface area contributed by atoms with Crippen LogP contribution >= 0.6 is 15.9 Å². The van der Waals surface area contributed by atoms with Crippen LogP contribution in [0.1, 0.15) is 40.9 Å². The molecule has 0 fully saturated rings. The fourth-order valence-corrected chi connectivity index (χ4v) is 4.57. The van der Waals surface area contributed by atoms with Crippen molar-refractivity contribution in [1.82, 2.24) is 5.01 Å². The van der Waals surface area contributed by atoms with Gasteiger partial charge in [0.2, 0.25) is 6.23 Å². The third kappa shape index (κ3) is 3.19. The Bertz CT molecular complexity index is 1090. The lowest BCUT2D eigenvalue weighted by molar-refractivity contribution is -0.0190. The lowest BCUT2D eigenvalue weighted by Crippen LogP contribution is -2.33. The summed E-state index contributed by atoms with van der Waals surface area (Å²) in [4.78, 5) is 0. The minimum absolute atomic E-state index is 0.155. The summed E-state index contributed by atoms with van der Waals surface area (Å²) >= 11 is 3.60. The molecule has 3 aromatic rings. The number of hydrogen-bond donors (Lipinski definition) is 0. The quantitative estimate of drug-likeness (QED) is 0.491. The van der Waals surface area contributed by atoms with Gasteiger partial charge in [0.15, 0.2) is 0 Å². The second-order valence-electron chi connectivity index (χ2n) is 7.41. The van der Waals surface area contributed by atoms with E-state index in [9.17, 15) is 0 Å². The minimum Gasteiger partial charge on any atom is -0.496 e. The lowest BCUT2D eigenvalue weighted by atomic mass is 9.95. The third-order valence-corrected chi connectivity index (χ3v) is 6.16. The van der Waals surface area contributed by atoms with Crippen molar-refractivity contribution in [2.75, 3.05) is 7.11 Å². The van der Waals surface area contributed by atoms with Crippen molar-refractivity contribution in [3.63, 3.8) is 0 Å². The molecule has 0 saturated heterocycles. The van der Waals surface area contributed by atoms with Gasteiger partial charge in [0.05, 0.1) is 23.3 Å². The standard InChI is InChI=1S/C24H21BrN2O2/c1-15-7-9-16(10-8-15)20-14-21-18-5-3-4-6-22(18)29-24(27(21)26-20)17-11-12-23(28-2)19(25)13-17/h3-13,21,24H,14H2,1-2H3/t21-,24-/m1/s1. The summed E-state index contributed by atoms with van der Waals surface area (Å²) in [5, 5.41) is 7.12. The number of aryl methyl sites for hydroxylation is 1. The SMILES string of the molecule is COc1ccc([C@H]2Oc3ccccc3[C@H]3CC(c4ccc(C)cc4)=NN32)cc1Br. The van der Waals surface area contributed by atoms with Crippen LogP contribution in [-0.2, 0) is 0 Å². The maximum Gasteiger partial charge on any atom is 0.213 e. The van der Waals surface area contributed by atoms with Gasteiger partial charge in [-0.25, -0.2) is 5.01 Å². The number of hydrazone groups is 1.